The minimum atomic E-state index is -1.27. The number of carboxylic acid groups (broad SMARTS) is 1. The zero-order chi connectivity index (χ0) is 11.0. The highest BCUT2D eigenvalue weighted by molar-refractivity contribution is 6.33. The van der Waals surface area contributed by atoms with Gasteiger partial charge in [0, 0.05) is 5.56 Å². The molecule has 0 bridgehead atoms. The van der Waals surface area contributed by atoms with Gasteiger partial charge in [0.2, 0.25) is 0 Å². The van der Waals surface area contributed by atoms with Gasteiger partial charge in [-0.1, -0.05) is 11.6 Å². The Labute approximate surface area is 85.4 Å². The summed E-state index contributed by atoms with van der Waals surface area (Å²) in [5, 5.41) is 27.6. The number of aromatic hydroxyl groups is 2. The van der Waals surface area contributed by atoms with Gasteiger partial charge in [-0.3, -0.25) is 0 Å². The molecular formula is C9H9ClO4. The van der Waals surface area contributed by atoms with Gasteiger partial charge >= 0.3 is 5.97 Å². The van der Waals surface area contributed by atoms with E-state index < -0.39 is 11.7 Å². The van der Waals surface area contributed by atoms with Crippen molar-refractivity contribution >= 4 is 17.6 Å². The van der Waals surface area contributed by atoms with Crippen LogP contribution < -0.4 is 0 Å². The number of aromatic carboxylic acids is 1. The summed E-state index contributed by atoms with van der Waals surface area (Å²) in [6.07, 6.45) is 0. The molecule has 1 rings (SSSR count). The van der Waals surface area contributed by atoms with E-state index in [9.17, 15) is 15.0 Å². The standard InChI is InChI=1S/C9H9ClO4/c1-3-5(9(13)14)7(11)4(2)8(12)6(3)10/h11-12H,1-2H3,(H,13,14). The van der Waals surface area contributed by atoms with Gasteiger partial charge in [-0.25, -0.2) is 4.79 Å². The van der Waals surface area contributed by atoms with E-state index in [0.29, 0.717) is 0 Å². The van der Waals surface area contributed by atoms with Crippen LogP contribution in [0.15, 0.2) is 0 Å². The first-order valence-corrected chi connectivity index (χ1v) is 4.19. The van der Waals surface area contributed by atoms with Crippen LogP contribution in [0.25, 0.3) is 0 Å². The molecule has 3 N–H and O–H groups in total. The van der Waals surface area contributed by atoms with E-state index in [4.69, 9.17) is 16.7 Å². The Bertz CT molecular complexity index is 383. The monoisotopic (exact) mass is 216 g/mol. The van der Waals surface area contributed by atoms with Crippen LogP contribution in [0.2, 0.25) is 5.02 Å². The molecule has 0 aliphatic rings. The lowest BCUT2D eigenvalue weighted by Crippen LogP contribution is -2.02. The maximum absolute atomic E-state index is 10.8. The van der Waals surface area contributed by atoms with E-state index >= 15 is 0 Å². The lowest BCUT2D eigenvalue weighted by molar-refractivity contribution is 0.0692. The Kier molecular flexibility index (Phi) is 2.57. The molecule has 0 aliphatic carbocycles. The third-order valence-corrected chi connectivity index (χ3v) is 2.54. The molecule has 0 atom stereocenters. The lowest BCUT2D eigenvalue weighted by Gasteiger charge is -2.11. The predicted molar refractivity (Wildman–Crippen MR) is 51.2 cm³/mol. The van der Waals surface area contributed by atoms with E-state index in [-0.39, 0.29) is 27.5 Å². The van der Waals surface area contributed by atoms with Crippen LogP contribution in [0.3, 0.4) is 0 Å². The van der Waals surface area contributed by atoms with Crippen LogP contribution in [-0.4, -0.2) is 21.3 Å². The minimum absolute atomic E-state index is 0.0438. The molecule has 0 radical (unpaired) electrons. The molecule has 0 aromatic heterocycles. The Morgan fingerprint density at radius 3 is 2.07 bits per heavy atom. The number of carboxylic acids is 1. The summed E-state index contributed by atoms with van der Waals surface area (Å²) < 4.78 is 0. The van der Waals surface area contributed by atoms with E-state index in [0.717, 1.165) is 0 Å². The fourth-order valence-corrected chi connectivity index (χ4v) is 1.43. The van der Waals surface area contributed by atoms with Crippen molar-refractivity contribution in [2.45, 2.75) is 13.8 Å². The summed E-state index contributed by atoms with van der Waals surface area (Å²) in [5.41, 5.74) is -0.0527. The molecular weight excluding hydrogens is 208 g/mol. The average Bonchev–Trinajstić information content (AvgIpc) is 2.11. The first-order valence-electron chi connectivity index (χ1n) is 3.81. The first kappa shape index (κ1) is 10.7. The van der Waals surface area contributed by atoms with E-state index in [2.05, 4.69) is 0 Å². The van der Waals surface area contributed by atoms with Gasteiger partial charge < -0.3 is 15.3 Å². The van der Waals surface area contributed by atoms with Crippen molar-refractivity contribution in [3.8, 4) is 11.5 Å². The number of carbonyl (C=O) groups is 1. The van der Waals surface area contributed by atoms with E-state index in [1.54, 1.807) is 0 Å². The molecule has 0 heterocycles. The van der Waals surface area contributed by atoms with Crippen LogP contribution in [0, 0.1) is 13.8 Å². The van der Waals surface area contributed by atoms with Gasteiger partial charge in [-0.05, 0) is 19.4 Å². The normalized spacial score (nSPS) is 10.2. The van der Waals surface area contributed by atoms with Gasteiger partial charge in [0.15, 0.2) is 0 Å². The SMILES string of the molecule is Cc1c(O)c(Cl)c(C)c(C(=O)O)c1O. The van der Waals surface area contributed by atoms with Crippen LogP contribution >= 0.6 is 11.6 Å². The average molecular weight is 217 g/mol. The Balaban J connectivity index is 3.68. The molecule has 76 valence electrons. The number of phenols is 2. The fourth-order valence-electron chi connectivity index (χ4n) is 1.19. The minimum Gasteiger partial charge on any atom is -0.507 e. The molecule has 0 spiro atoms. The summed E-state index contributed by atoms with van der Waals surface area (Å²) >= 11 is 5.68. The number of hydrogen-bond acceptors (Lipinski definition) is 3. The van der Waals surface area contributed by atoms with Crippen molar-refractivity contribution in [2.24, 2.45) is 0 Å². The van der Waals surface area contributed by atoms with Crippen LogP contribution in [0.1, 0.15) is 21.5 Å². The zero-order valence-corrected chi connectivity index (χ0v) is 8.38. The van der Waals surface area contributed by atoms with Crippen molar-refractivity contribution in [3.05, 3.63) is 21.7 Å². The van der Waals surface area contributed by atoms with Crippen molar-refractivity contribution in [3.63, 3.8) is 0 Å². The number of hydrogen-bond donors (Lipinski definition) is 3. The Hall–Kier alpha value is -1.42. The molecule has 4 nitrogen and oxygen atoms in total. The summed E-state index contributed by atoms with van der Waals surface area (Å²) in [7, 11) is 0. The molecule has 1 aromatic rings. The largest absolute Gasteiger partial charge is 0.507 e. The Morgan fingerprint density at radius 2 is 1.64 bits per heavy atom. The number of rotatable bonds is 1. The van der Waals surface area contributed by atoms with Crippen molar-refractivity contribution in [1.29, 1.82) is 0 Å². The summed E-state index contributed by atoms with van der Waals surface area (Å²) in [6, 6.07) is 0. The highest BCUT2D eigenvalue weighted by atomic mass is 35.5. The summed E-state index contributed by atoms with van der Waals surface area (Å²) in [6.45, 7) is 2.81. The first-order chi connectivity index (χ1) is 6.37. The topological polar surface area (TPSA) is 77.8 Å². The molecule has 5 heteroatoms. The predicted octanol–water partition coefficient (Wildman–Crippen LogP) is 2.07. The van der Waals surface area contributed by atoms with Crippen molar-refractivity contribution in [2.75, 3.05) is 0 Å². The zero-order valence-electron chi connectivity index (χ0n) is 7.63. The molecule has 0 unspecified atom stereocenters. The Morgan fingerprint density at radius 1 is 1.14 bits per heavy atom. The van der Waals surface area contributed by atoms with Crippen LogP contribution in [0.4, 0.5) is 0 Å². The van der Waals surface area contributed by atoms with Gasteiger partial charge in [0.1, 0.15) is 17.1 Å². The second kappa shape index (κ2) is 3.38. The number of phenolic OH excluding ortho intramolecular Hbond substituents is 1. The molecule has 0 saturated heterocycles. The van der Waals surface area contributed by atoms with Crippen LogP contribution in [-0.2, 0) is 0 Å². The highest BCUT2D eigenvalue weighted by Gasteiger charge is 2.21. The lowest BCUT2D eigenvalue weighted by atomic mass is 10.0. The third-order valence-electron chi connectivity index (χ3n) is 2.07. The van der Waals surface area contributed by atoms with Gasteiger partial charge in [0.25, 0.3) is 0 Å². The molecule has 0 fully saturated rings. The van der Waals surface area contributed by atoms with Gasteiger partial charge in [-0.15, -0.1) is 0 Å². The van der Waals surface area contributed by atoms with Gasteiger partial charge in [-0.2, -0.15) is 0 Å². The summed E-state index contributed by atoms with van der Waals surface area (Å²) in [4.78, 5) is 10.8. The number of benzene rings is 1. The third kappa shape index (κ3) is 1.37. The summed E-state index contributed by atoms with van der Waals surface area (Å²) in [5.74, 6) is -2.01. The van der Waals surface area contributed by atoms with E-state index in [1.165, 1.54) is 13.8 Å². The molecule has 0 aliphatic heterocycles. The highest BCUT2D eigenvalue weighted by Crippen LogP contribution is 2.39. The van der Waals surface area contributed by atoms with Gasteiger partial charge in [0.05, 0.1) is 5.02 Å². The molecule has 1 aromatic carbocycles. The molecule has 0 saturated carbocycles. The van der Waals surface area contributed by atoms with Crippen molar-refractivity contribution in [1.82, 2.24) is 0 Å². The molecule has 0 amide bonds. The van der Waals surface area contributed by atoms with E-state index in [1.807, 2.05) is 0 Å². The molecule has 14 heavy (non-hydrogen) atoms. The number of halogens is 1. The second-order valence-electron chi connectivity index (χ2n) is 2.94. The second-order valence-corrected chi connectivity index (χ2v) is 3.32. The quantitative estimate of drug-likeness (QED) is 0.672. The smallest absolute Gasteiger partial charge is 0.339 e. The van der Waals surface area contributed by atoms with Crippen molar-refractivity contribution < 1.29 is 20.1 Å². The maximum atomic E-state index is 10.8. The maximum Gasteiger partial charge on any atom is 0.339 e. The van der Waals surface area contributed by atoms with Crippen LogP contribution in [0.5, 0.6) is 11.5 Å². The fraction of sp³-hybridized carbons (Fsp3) is 0.222.